The maximum atomic E-state index is 13.2. The Morgan fingerprint density at radius 1 is 1.15 bits per heavy atom. The highest BCUT2D eigenvalue weighted by Crippen LogP contribution is 2.39. The number of hydrogen-bond acceptors (Lipinski definition) is 5. The Hall–Kier alpha value is -3.05. The summed E-state index contributed by atoms with van der Waals surface area (Å²) >= 11 is 9.34. The minimum Gasteiger partial charge on any atom is -0.493 e. The van der Waals surface area contributed by atoms with Crippen LogP contribution in [0.25, 0.3) is 6.08 Å². The van der Waals surface area contributed by atoms with Gasteiger partial charge in [0.15, 0.2) is 11.5 Å². The van der Waals surface area contributed by atoms with Crippen molar-refractivity contribution in [2.75, 3.05) is 12.0 Å². The number of imide groups is 2. The highest BCUT2D eigenvalue weighted by molar-refractivity contribution is 9.10. The number of barbiturate groups is 1. The number of nitrogens with one attached hydrogen (secondary N) is 1. The van der Waals surface area contributed by atoms with Crippen LogP contribution in [0.1, 0.15) is 25.0 Å². The van der Waals surface area contributed by atoms with Crippen molar-refractivity contribution in [1.82, 2.24) is 5.32 Å². The number of urea groups is 1. The summed E-state index contributed by atoms with van der Waals surface area (Å²) in [6.45, 7) is 3.63. The molecule has 1 saturated heterocycles. The summed E-state index contributed by atoms with van der Waals surface area (Å²) < 4.78 is 51.0. The number of halogens is 5. The second-order valence-electron chi connectivity index (χ2n) is 7.32. The molecule has 0 radical (unpaired) electrons. The number of methoxy groups -OCH3 is 1. The average molecular weight is 562 g/mol. The van der Waals surface area contributed by atoms with Crippen LogP contribution in [0.4, 0.5) is 23.7 Å². The SMILES string of the molecule is COc1cc(/C=C2/C(=O)NC(=O)N(c3cc(C(F)(F)F)ccc3Cl)C2=O)cc(Br)c1OC(C)C. The van der Waals surface area contributed by atoms with Crippen molar-refractivity contribution in [2.45, 2.75) is 26.1 Å². The van der Waals surface area contributed by atoms with Gasteiger partial charge in [-0.3, -0.25) is 14.9 Å². The van der Waals surface area contributed by atoms with Gasteiger partial charge in [0.05, 0.1) is 34.0 Å². The van der Waals surface area contributed by atoms with Crippen LogP contribution in [-0.4, -0.2) is 31.1 Å². The molecule has 0 unspecified atom stereocenters. The summed E-state index contributed by atoms with van der Waals surface area (Å²) in [5.74, 6) is -1.47. The Kier molecular flexibility index (Phi) is 7.27. The minimum absolute atomic E-state index is 0.170. The molecule has 2 aromatic rings. The van der Waals surface area contributed by atoms with Gasteiger partial charge in [0.2, 0.25) is 0 Å². The molecule has 2 aromatic carbocycles. The molecule has 1 aliphatic rings. The van der Waals surface area contributed by atoms with Gasteiger partial charge in [-0.25, -0.2) is 9.69 Å². The highest BCUT2D eigenvalue weighted by Gasteiger charge is 2.39. The van der Waals surface area contributed by atoms with E-state index in [0.29, 0.717) is 38.6 Å². The summed E-state index contributed by atoms with van der Waals surface area (Å²) in [5, 5.41) is 1.66. The Morgan fingerprint density at radius 3 is 2.41 bits per heavy atom. The van der Waals surface area contributed by atoms with Crippen LogP contribution in [-0.2, 0) is 15.8 Å². The van der Waals surface area contributed by atoms with Crippen molar-refractivity contribution in [3.63, 3.8) is 0 Å². The molecule has 1 N–H and O–H groups in total. The Balaban J connectivity index is 2.08. The molecule has 0 saturated carbocycles. The van der Waals surface area contributed by atoms with Gasteiger partial charge in [0, 0.05) is 0 Å². The second kappa shape index (κ2) is 9.67. The lowest BCUT2D eigenvalue weighted by atomic mass is 10.1. The van der Waals surface area contributed by atoms with Gasteiger partial charge in [-0.2, -0.15) is 13.2 Å². The van der Waals surface area contributed by atoms with E-state index in [1.165, 1.54) is 19.3 Å². The molecule has 4 amide bonds. The van der Waals surface area contributed by atoms with E-state index in [1.807, 2.05) is 19.2 Å². The van der Waals surface area contributed by atoms with E-state index >= 15 is 0 Å². The third-order valence-electron chi connectivity index (χ3n) is 4.53. The van der Waals surface area contributed by atoms with Gasteiger partial charge in [0.25, 0.3) is 11.8 Å². The molecule has 1 fully saturated rings. The number of alkyl halides is 3. The molecule has 34 heavy (non-hydrogen) atoms. The van der Waals surface area contributed by atoms with Gasteiger partial charge in [-0.15, -0.1) is 0 Å². The smallest absolute Gasteiger partial charge is 0.416 e. The van der Waals surface area contributed by atoms with Crippen LogP contribution in [0.2, 0.25) is 5.02 Å². The van der Waals surface area contributed by atoms with Gasteiger partial charge in [-0.1, -0.05) is 11.6 Å². The lowest BCUT2D eigenvalue weighted by molar-refractivity contribution is -0.137. The highest BCUT2D eigenvalue weighted by atomic mass is 79.9. The lowest BCUT2D eigenvalue weighted by Crippen LogP contribution is -2.54. The zero-order valence-electron chi connectivity index (χ0n) is 17.9. The monoisotopic (exact) mass is 560 g/mol. The molecule has 0 aliphatic carbocycles. The number of anilines is 1. The number of benzene rings is 2. The van der Waals surface area contributed by atoms with Crippen LogP contribution in [0.15, 0.2) is 40.4 Å². The van der Waals surface area contributed by atoms with Gasteiger partial charge in [-0.05, 0) is 71.7 Å². The van der Waals surface area contributed by atoms with Crippen LogP contribution in [0.3, 0.4) is 0 Å². The molecule has 1 heterocycles. The first-order valence-corrected chi connectivity index (χ1v) is 10.8. The summed E-state index contributed by atoms with van der Waals surface area (Å²) in [6.07, 6.45) is -3.74. The maximum Gasteiger partial charge on any atom is 0.416 e. The Labute approximate surface area is 205 Å². The topological polar surface area (TPSA) is 84.9 Å². The quantitative estimate of drug-likeness (QED) is 0.380. The zero-order chi connectivity index (χ0) is 25.4. The number of carbonyl (C=O) groups is 3. The number of hydrogen-bond donors (Lipinski definition) is 1. The van der Waals surface area contributed by atoms with Crippen molar-refractivity contribution in [3.05, 3.63) is 56.5 Å². The zero-order valence-corrected chi connectivity index (χ0v) is 20.3. The standard InChI is InChI=1S/C22H17BrClF3N2O5/c1-10(2)34-18-14(23)7-11(8-17(18)33-3)6-13-19(30)28-21(32)29(20(13)31)16-9-12(22(25,26)27)4-5-15(16)24/h4-10H,1-3H3,(H,28,30,32)/b13-6-. The second-order valence-corrected chi connectivity index (χ2v) is 8.58. The molecule has 180 valence electrons. The fraction of sp³-hybridized carbons (Fsp3) is 0.227. The largest absolute Gasteiger partial charge is 0.493 e. The van der Waals surface area contributed by atoms with Gasteiger partial charge >= 0.3 is 12.2 Å². The predicted molar refractivity (Wildman–Crippen MR) is 122 cm³/mol. The third-order valence-corrected chi connectivity index (χ3v) is 5.44. The van der Waals surface area contributed by atoms with Crippen molar-refractivity contribution in [2.24, 2.45) is 0 Å². The average Bonchev–Trinajstić information content (AvgIpc) is 2.72. The number of ether oxygens (including phenoxy) is 2. The number of nitrogens with zero attached hydrogens (tertiary/aromatic N) is 1. The first-order valence-electron chi connectivity index (χ1n) is 9.66. The van der Waals surface area contributed by atoms with Crippen LogP contribution >= 0.6 is 27.5 Å². The van der Waals surface area contributed by atoms with E-state index in [-0.39, 0.29) is 11.1 Å². The van der Waals surface area contributed by atoms with E-state index in [2.05, 4.69) is 15.9 Å². The van der Waals surface area contributed by atoms with Crippen molar-refractivity contribution < 1.29 is 37.0 Å². The summed E-state index contributed by atoms with van der Waals surface area (Å²) in [6, 6.07) is 4.00. The maximum absolute atomic E-state index is 13.2. The van der Waals surface area contributed by atoms with Gasteiger partial charge in [0.1, 0.15) is 5.57 Å². The van der Waals surface area contributed by atoms with E-state index in [4.69, 9.17) is 21.1 Å². The molecule has 3 rings (SSSR count). The fourth-order valence-electron chi connectivity index (χ4n) is 3.08. The molecule has 7 nitrogen and oxygen atoms in total. The van der Waals surface area contributed by atoms with Crippen LogP contribution < -0.4 is 19.7 Å². The number of carbonyl (C=O) groups excluding carboxylic acids is 3. The van der Waals surface area contributed by atoms with E-state index < -0.39 is 40.8 Å². The van der Waals surface area contributed by atoms with E-state index in [1.54, 1.807) is 6.07 Å². The predicted octanol–water partition coefficient (Wildman–Crippen LogP) is 5.58. The third kappa shape index (κ3) is 5.20. The summed E-state index contributed by atoms with van der Waals surface area (Å²) in [5.41, 5.74) is -1.82. The lowest BCUT2D eigenvalue weighted by Gasteiger charge is -2.27. The molecular weight excluding hydrogens is 545 g/mol. The Morgan fingerprint density at radius 2 is 1.82 bits per heavy atom. The van der Waals surface area contributed by atoms with Crippen molar-refractivity contribution >= 4 is 57.1 Å². The molecule has 0 bridgehead atoms. The molecule has 0 spiro atoms. The van der Waals surface area contributed by atoms with Crippen molar-refractivity contribution in [1.29, 1.82) is 0 Å². The van der Waals surface area contributed by atoms with Gasteiger partial charge < -0.3 is 9.47 Å². The molecule has 12 heteroatoms. The van der Waals surface area contributed by atoms with E-state index in [0.717, 1.165) is 6.07 Å². The first-order chi connectivity index (χ1) is 15.8. The first kappa shape index (κ1) is 25.6. The van der Waals surface area contributed by atoms with Crippen LogP contribution in [0.5, 0.6) is 11.5 Å². The summed E-state index contributed by atoms with van der Waals surface area (Å²) in [4.78, 5) is 38.3. The van der Waals surface area contributed by atoms with Crippen LogP contribution in [0, 0.1) is 0 Å². The van der Waals surface area contributed by atoms with E-state index in [9.17, 15) is 27.6 Å². The molecule has 0 atom stereocenters. The number of rotatable bonds is 5. The molecule has 0 aromatic heterocycles. The fourth-order valence-corrected chi connectivity index (χ4v) is 3.83. The Bertz CT molecular complexity index is 1210. The minimum atomic E-state index is -4.74. The number of amides is 4. The molecule has 1 aliphatic heterocycles. The molecular formula is C22H17BrClF3N2O5. The summed E-state index contributed by atoms with van der Waals surface area (Å²) in [7, 11) is 1.40. The normalized spacial score (nSPS) is 15.7. The van der Waals surface area contributed by atoms with Crippen molar-refractivity contribution in [3.8, 4) is 11.5 Å².